The summed E-state index contributed by atoms with van der Waals surface area (Å²) in [5.74, 6) is 0.572. The molecule has 2 unspecified atom stereocenters. The summed E-state index contributed by atoms with van der Waals surface area (Å²) in [5, 5.41) is 3.62. The van der Waals surface area contributed by atoms with Crippen molar-refractivity contribution in [1.29, 1.82) is 0 Å². The van der Waals surface area contributed by atoms with Gasteiger partial charge in [-0.25, -0.2) is 0 Å². The van der Waals surface area contributed by atoms with Gasteiger partial charge >= 0.3 is 0 Å². The van der Waals surface area contributed by atoms with E-state index in [4.69, 9.17) is 4.74 Å². The molecule has 0 bridgehead atoms. The smallest absolute Gasteiger partial charge is 0.0526 e. The molecule has 0 saturated carbocycles. The molecule has 2 rings (SSSR count). The second-order valence-electron chi connectivity index (χ2n) is 5.61. The van der Waals surface area contributed by atoms with Gasteiger partial charge in [-0.2, -0.15) is 0 Å². The molecule has 112 valence electrons. The Balaban J connectivity index is 2.06. The summed E-state index contributed by atoms with van der Waals surface area (Å²) < 4.78 is 5.70. The predicted octanol–water partition coefficient (Wildman–Crippen LogP) is 2.84. The average Bonchev–Trinajstić information content (AvgIpc) is 2.47. The van der Waals surface area contributed by atoms with Gasteiger partial charge in [0, 0.05) is 37.3 Å². The summed E-state index contributed by atoms with van der Waals surface area (Å²) >= 11 is 0. The maximum atomic E-state index is 5.70. The first-order valence-corrected chi connectivity index (χ1v) is 7.88. The summed E-state index contributed by atoms with van der Waals surface area (Å²) in [6, 6.07) is 9.25. The van der Waals surface area contributed by atoms with Gasteiger partial charge in [-0.1, -0.05) is 25.1 Å². The van der Waals surface area contributed by atoms with E-state index in [2.05, 4.69) is 55.3 Å². The van der Waals surface area contributed by atoms with Crippen LogP contribution < -0.4 is 10.2 Å². The standard InChI is InChI=1S/C17H28N2O/c1-4-18-16-10-11-20-13-15(16)12-19(5-2)17-9-7-6-8-14(17)3/h6-9,15-16,18H,4-5,10-13H2,1-3H3. The highest BCUT2D eigenvalue weighted by Gasteiger charge is 2.26. The van der Waals surface area contributed by atoms with Crippen LogP contribution in [0.2, 0.25) is 0 Å². The molecule has 1 aromatic carbocycles. The lowest BCUT2D eigenvalue weighted by Crippen LogP contribution is -2.48. The Morgan fingerprint density at radius 1 is 1.30 bits per heavy atom. The predicted molar refractivity (Wildman–Crippen MR) is 85.5 cm³/mol. The molecule has 0 spiro atoms. The molecule has 2 atom stereocenters. The van der Waals surface area contributed by atoms with Crippen LogP contribution in [0, 0.1) is 12.8 Å². The number of ether oxygens (including phenoxy) is 1. The van der Waals surface area contributed by atoms with E-state index in [1.54, 1.807) is 0 Å². The third kappa shape index (κ3) is 3.74. The van der Waals surface area contributed by atoms with Gasteiger partial charge in [-0.05, 0) is 38.4 Å². The number of hydrogen-bond acceptors (Lipinski definition) is 3. The summed E-state index contributed by atoms with van der Waals surface area (Å²) in [6.07, 6.45) is 1.13. The number of para-hydroxylation sites is 1. The highest BCUT2D eigenvalue weighted by Crippen LogP contribution is 2.23. The van der Waals surface area contributed by atoms with Crippen molar-refractivity contribution in [3.8, 4) is 0 Å². The first kappa shape index (κ1) is 15.3. The summed E-state index contributed by atoms with van der Waals surface area (Å²) in [5.41, 5.74) is 2.71. The number of benzene rings is 1. The maximum absolute atomic E-state index is 5.70. The minimum atomic E-state index is 0.572. The van der Waals surface area contributed by atoms with Crippen molar-refractivity contribution in [2.75, 3.05) is 37.7 Å². The molecule has 3 nitrogen and oxygen atoms in total. The molecular weight excluding hydrogens is 248 g/mol. The van der Waals surface area contributed by atoms with E-state index in [0.717, 1.165) is 39.3 Å². The van der Waals surface area contributed by atoms with Crippen LogP contribution in [0.15, 0.2) is 24.3 Å². The molecule has 0 radical (unpaired) electrons. The first-order valence-electron chi connectivity index (χ1n) is 7.88. The van der Waals surface area contributed by atoms with Crippen molar-refractivity contribution in [3.63, 3.8) is 0 Å². The van der Waals surface area contributed by atoms with Gasteiger partial charge in [0.2, 0.25) is 0 Å². The Labute approximate surface area is 123 Å². The fraction of sp³-hybridized carbons (Fsp3) is 0.647. The lowest BCUT2D eigenvalue weighted by atomic mass is 9.94. The lowest BCUT2D eigenvalue weighted by Gasteiger charge is -2.37. The van der Waals surface area contributed by atoms with E-state index in [0.29, 0.717) is 12.0 Å². The van der Waals surface area contributed by atoms with Gasteiger partial charge in [0.1, 0.15) is 0 Å². The van der Waals surface area contributed by atoms with Crippen LogP contribution in [-0.2, 0) is 4.74 Å². The Bertz CT molecular complexity index is 406. The summed E-state index contributed by atoms with van der Waals surface area (Å²) in [4.78, 5) is 2.49. The van der Waals surface area contributed by atoms with E-state index in [1.807, 2.05) is 0 Å². The number of nitrogens with zero attached hydrogens (tertiary/aromatic N) is 1. The Morgan fingerprint density at radius 2 is 2.10 bits per heavy atom. The highest BCUT2D eigenvalue weighted by atomic mass is 16.5. The monoisotopic (exact) mass is 276 g/mol. The maximum Gasteiger partial charge on any atom is 0.0526 e. The van der Waals surface area contributed by atoms with Crippen LogP contribution in [0.25, 0.3) is 0 Å². The number of nitrogens with one attached hydrogen (secondary N) is 1. The Kier molecular flexibility index (Phi) is 5.86. The summed E-state index contributed by atoms with van der Waals surface area (Å²) in [6.45, 7) is 11.5. The number of rotatable bonds is 6. The number of hydrogen-bond donors (Lipinski definition) is 1. The van der Waals surface area contributed by atoms with Crippen LogP contribution in [-0.4, -0.2) is 38.9 Å². The van der Waals surface area contributed by atoms with Gasteiger partial charge in [0.25, 0.3) is 0 Å². The Hall–Kier alpha value is -1.06. The number of anilines is 1. The van der Waals surface area contributed by atoms with Crippen molar-refractivity contribution in [2.45, 2.75) is 33.2 Å². The fourth-order valence-corrected chi connectivity index (χ4v) is 3.11. The molecule has 1 aromatic rings. The van der Waals surface area contributed by atoms with Crippen LogP contribution in [0.4, 0.5) is 5.69 Å². The van der Waals surface area contributed by atoms with Gasteiger partial charge < -0.3 is 15.0 Å². The van der Waals surface area contributed by atoms with Crippen LogP contribution in [0.3, 0.4) is 0 Å². The molecule has 1 saturated heterocycles. The molecule has 0 aromatic heterocycles. The molecule has 0 aliphatic carbocycles. The lowest BCUT2D eigenvalue weighted by molar-refractivity contribution is 0.0352. The van der Waals surface area contributed by atoms with Gasteiger partial charge in [-0.15, -0.1) is 0 Å². The Morgan fingerprint density at radius 3 is 2.80 bits per heavy atom. The SMILES string of the molecule is CCNC1CCOCC1CN(CC)c1ccccc1C. The quantitative estimate of drug-likeness (QED) is 0.864. The van der Waals surface area contributed by atoms with Crippen molar-refractivity contribution >= 4 is 5.69 Å². The van der Waals surface area contributed by atoms with Gasteiger partial charge in [0.15, 0.2) is 0 Å². The van der Waals surface area contributed by atoms with Crippen LogP contribution in [0.5, 0.6) is 0 Å². The topological polar surface area (TPSA) is 24.5 Å². The largest absolute Gasteiger partial charge is 0.381 e. The second-order valence-corrected chi connectivity index (χ2v) is 5.61. The third-order valence-electron chi connectivity index (χ3n) is 4.23. The minimum absolute atomic E-state index is 0.572. The molecule has 1 aliphatic rings. The normalized spacial score (nSPS) is 22.8. The van der Waals surface area contributed by atoms with Crippen LogP contribution >= 0.6 is 0 Å². The molecule has 1 heterocycles. The van der Waals surface area contributed by atoms with E-state index >= 15 is 0 Å². The van der Waals surface area contributed by atoms with Crippen molar-refractivity contribution in [1.82, 2.24) is 5.32 Å². The minimum Gasteiger partial charge on any atom is -0.381 e. The zero-order chi connectivity index (χ0) is 14.4. The molecule has 1 N–H and O–H groups in total. The zero-order valence-corrected chi connectivity index (χ0v) is 13.1. The first-order chi connectivity index (χ1) is 9.76. The molecule has 3 heteroatoms. The molecule has 1 fully saturated rings. The molecule has 1 aliphatic heterocycles. The van der Waals surface area contributed by atoms with Crippen molar-refractivity contribution in [2.24, 2.45) is 5.92 Å². The molecular formula is C17H28N2O. The van der Waals surface area contributed by atoms with Crippen LogP contribution in [0.1, 0.15) is 25.8 Å². The fourth-order valence-electron chi connectivity index (χ4n) is 3.11. The molecule has 20 heavy (non-hydrogen) atoms. The van der Waals surface area contributed by atoms with E-state index < -0.39 is 0 Å². The van der Waals surface area contributed by atoms with Crippen molar-refractivity contribution < 1.29 is 4.74 Å². The van der Waals surface area contributed by atoms with E-state index in [-0.39, 0.29) is 0 Å². The zero-order valence-electron chi connectivity index (χ0n) is 13.1. The number of aryl methyl sites for hydroxylation is 1. The second kappa shape index (κ2) is 7.65. The van der Waals surface area contributed by atoms with E-state index in [1.165, 1.54) is 11.3 Å². The molecule has 0 amide bonds. The van der Waals surface area contributed by atoms with E-state index in [9.17, 15) is 0 Å². The van der Waals surface area contributed by atoms with Gasteiger partial charge in [0.05, 0.1) is 6.61 Å². The average molecular weight is 276 g/mol. The summed E-state index contributed by atoms with van der Waals surface area (Å²) in [7, 11) is 0. The third-order valence-corrected chi connectivity index (χ3v) is 4.23. The highest BCUT2D eigenvalue weighted by molar-refractivity contribution is 5.52. The van der Waals surface area contributed by atoms with Crippen molar-refractivity contribution in [3.05, 3.63) is 29.8 Å². The van der Waals surface area contributed by atoms with Gasteiger partial charge in [-0.3, -0.25) is 0 Å².